The molecule has 2 aromatic rings. The summed E-state index contributed by atoms with van der Waals surface area (Å²) in [5.41, 5.74) is 1.78. The average molecular weight is 342 g/mol. The highest BCUT2D eigenvalue weighted by Gasteiger charge is 2.20. The van der Waals surface area contributed by atoms with Gasteiger partial charge in [-0.2, -0.15) is 0 Å². The third-order valence-corrected chi connectivity index (χ3v) is 4.70. The van der Waals surface area contributed by atoms with E-state index in [0.29, 0.717) is 17.5 Å². The number of rotatable bonds is 5. The zero-order valence-corrected chi connectivity index (χ0v) is 15.4. The van der Waals surface area contributed by atoms with Crippen LogP contribution in [0.25, 0.3) is 11.3 Å². The molecule has 0 atom stereocenters. The van der Waals surface area contributed by atoms with Crippen LogP contribution < -0.4 is 14.4 Å². The molecule has 3 rings (SSSR count). The molecule has 6 nitrogen and oxygen atoms in total. The Morgan fingerprint density at radius 3 is 2.16 bits per heavy atom. The second-order valence-corrected chi connectivity index (χ2v) is 6.46. The highest BCUT2D eigenvalue weighted by molar-refractivity contribution is 5.64. The number of aromatic nitrogens is 2. The van der Waals surface area contributed by atoms with Crippen LogP contribution in [0.2, 0.25) is 0 Å². The Morgan fingerprint density at radius 2 is 1.60 bits per heavy atom. The van der Waals surface area contributed by atoms with E-state index >= 15 is 0 Å². The fraction of sp³-hybridized carbons (Fsp3) is 0.474. The maximum Gasteiger partial charge on any atom is 0.161 e. The molecule has 1 aromatic heterocycles. The summed E-state index contributed by atoms with van der Waals surface area (Å²) in [6.07, 6.45) is 0. The second-order valence-electron chi connectivity index (χ2n) is 6.46. The van der Waals surface area contributed by atoms with Crippen LogP contribution in [0.4, 0.5) is 5.82 Å². The van der Waals surface area contributed by atoms with Gasteiger partial charge in [0.15, 0.2) is 17.3 Å². The molecule has 0 saturated carbocycles. The first kappa shape index (κ1) is 17.5. The Kier molecular flexibility index (Phi) is 5.38. The summed E-state index contributed by atoms with van der Waals surface area (Å²) in [7, 11) is 3.26. The number of hydrogen-bond acceptors (Lipinski definition) is 6. The van der Waals surface area contributed by atoms with Gasteiger partial charge < -0.3 is 14.4 Å². The van der Waals surface area contributed by atoms with Crippen LogP contribution in [-0.4, -0.2) is 61.5 Å². The smallest absolute Gasteiger partial charge is 0.161 e. The zero-order chi connectivity index (χ0) is 17.8. The highest BCUT2D eigenvalue weighted by atomic mass is 16.5. The molecule has 6 heteroatoms. The number of nitrogens with zero attached hydrogens (tertiary/aromatic N) is 4. The van der Waals surface area contributed by atoms with Crippen LogP contribution in [0.1, 0.15) is 13.8 Å². The van der Waals surface area contributed by atoms with Crippen LogP contribution >= 0.6 is 0 Å². The average Bonchev–Trinajstić information content (AvgIpc) is 2.67. The van der Waals surface area contributed by atoms with Crippen molar-refractivity contribution in [1.82, 2.24) is 15.1 Å². The molecular weight excluding hydrogens is 316 g/mol. The van der Waals surface area contributed by atoms with E-state index in [1.807, 2.05) is 30.3 Å². The summed E-state index contributed by atoms with van der Waals surface area (Å²) in [6, 6.07) is 10.4. The Balaban J connectivity index is 1.73. The lowest BCUT2D eigenvalue weighted by Crippen LogP contribution is -2.49. The molecule has 25 heavy (non-hydrogen) atoms. The molecule has 1 aliphatic rings. The molecular formula is C19H26N4O2. The fourth-order valence-electron chi connectivity index (χ4n) is 3.11. The lowest BCUT2D eigenvalue weighted by atomic mass is 10.1. The lowest BCUT2D eigenvalue weighted by molar-refractivity contribution is 0.209. The van der Waals surface area contributed by atoms with Gasteiger partial charge in [0, 0.05) is 37.8 Å². The minimum atomic E-state index is 0.598. The van der Waals surface area contributed by atoms with Crippen LogP contribution in [-0.2, 0) is 0 Å². The van der Waals surface area contributed by atoms with Crippen LogP contribution in [0.3, 0.4) is 0 Å². The first-order valence-electron chi connectivity index (χ1n) is 8.67. The molecule has 0 aliphatic carbocycles. The van der Waals surface area contributed by atoms with E-state index in [-0.39, 0.29) is 0 Å². The monoisotopic (exact) mass is 342 g/mol. The summed E-state index contributed by atoms with van der Waals surface area (Å²) in [4.78, 5) is 4.78. The van der Waals surface area contributed by atoms with Crippen LogP contribution in [0.15, 0.2) is 30.3 Å². The zero-order valence-electron chi connectivity index (χ0n) is 15.4. The maximum absolute atomic E-state index is 5.36. The van der Waals surface area contributed by atoms with Gasteiger partial charge >= 0.3 is 0 Å². The lowest BCUT2D eigenvalue weighted by Gasteiger charge is -2.37. The van der Waals surface area contributed by atoms with Crippen LogP contribution in [0, 0.1) is 0 Å². The van der Waals surface area contributed by atoms with Crippen molar-refractivity contribution in [3.05, 3.63) is 30.3 Å². The molecule has 1 aliphatic heterocycles. The molecule has 2 heterocycles. The normalized spacial score (nSPS) is 15.5. The van der Waals surface area contributed by atoms with Gasteiger partial charge in [-0.1, -0.05) is 0 Å². The number of anilines is 1. The molecule has 1 aromatic carbocycles. The summed E-state index contributed by atoms with van der Waals surface area (Å²) in [5, 5.41) is 8.84. The minimum absolute atomic E-state index is 0.598. The van der Waals surface area contributed by atoms with Crippen molar-refractivity contribution in [2.45, 2.75) is 19.9 Å². The van der Waals surface area contributed by atoms with Crippen molar-refractivity contribution in [2.75, 3.05) is 45.3 Å². The summed E-state index contributed by atoms with van der Waals surface area (Å²) >= 11 is 0. The Hall–Kier alpha value is -2.34. The number of ether oxygens (including phenoxy) is 2. The molecule has 0 amide bonds. The van der Waals surface area contributed by atoms with Gasteiger partial charge in [-0.3, -0.25) is 4.90 Å². The summed E-state index contributed by atoms with van der Waals surface area (Å²) < 4.78 is 10.6. The molecule has 1 fully saturated rings. The van der Waals surface area contributed by atoms with Crippen molar-refractivity contribution < 1.29 is 9.47 Å². The van der Waals surface area contributed by atoms with E-state index in [9.17, 15) is 0 Å². The number of benzene rings is 1. The van der Waals surface area contributed by atoms with E-state index in [0.717, 1.165) is 43.3 Å². The predicted molar refractivity (Wildman–Crippen MR) is 99.5 cm³/mol. The number of methoxy groups -OCH3 is 2. The predicted octanol–water partition coefficient (Wildman–Crippen LogP) is 2.69. The number of piperazine rings is 1. The van der Waals surface area contributed by atoms with Gasteiger partial charge in [-0.25, -0.2) is 0 Å². The number of hydrogen-bond donors (Lipinski definition) is 0. The molecule has 0 spiro atoms. The summed E-state index contributed by atoms with van der Waals surface area (Å²) in [5.74, 6) is 2.34. The van der Waals surface area contributed by atoms with Crippen molar-refractivity contribution in [3.63, 3.8) is 0 Å². The fourth-order valence-corrected chi connectivity index (χ4v) is 3.11. The Bertz CT molecular complexity index is 695. The van der Waals surface area contributed by atoms with E-state index in [2.05, 4.69) is 33.8 Å². The van der Waals surface area contributed by atoms with E-state index in [4.69, 9.17) is 9.47 Å². The molecule has 0 radical (unpaired) electrons. The van der Waals surface area contributed by atoms with Gasteiger partial charge in [-0.05, 0) is 44.2 Å². The van der Waals surface area contributed by atoms with Crippen molar-refractivity contribution >= 4 is 5.82 Å². The molecule has 0 unspecified atom stereocenters. The first-order valence-corrected chi connectivity index (χ1v) is 8.67. The SMILES string of the molecule is COc1ccc(-c2ccc(N3CCN(C(C)C)CC3)nn2)cc1OC. The molecule has 0 N–H and O–H groups in total. The molecule has 0 bridgehead atoms. The Morgan fingerprint density at radius 1 is 0.880 bits per heavy atom. The quantitative estimate of drug-likeness (QED) is 0.833. The largest absolute Gasteiger partial charge is 0.493 e. The third kappa shape index (κ3) is 3.85. The van der Waals surface area contributed by atoms with E-state index in [1.165, 1.54) is 0 Å². The maximum atomic E-state index is 5.36. The third-order valence-electron chi connectivity index (χ3n) is 4.70. The first-order chi connectivity index (χ1) is 12.1. The molecule has 134 valence electrons. The highest BCUT2D eigenvalue weighted by Crippen LogP contribution is 2.31. The van der Waals surface area contributed by atoms with Gasteiger partial charge in [-0.15, -0.1) is 10.2 Å². The van der Waals surface area contributed by atoms with Gasteiger partial charge in [0.25, 0.3) is 0 Å². The summed E-state index contributed by atoms with van der Waals surface area (Å²) in [6.45, 7) is 8.60. The van der Waals surface area contributed by atoms with Gasteiger partial charge in [0.05, 0.1) is 19.9 Å². The topological polar surface area (TPSA) is 50.7 Å². The van der Waals surface area contributed by atoms with E-state index < -0.39 is 0 Å². The van der Waals surface area contributed by atoms with Crippen LogP contribution in [0.5, 0.6) is 11.5 Å². The van der Waals surface area contributed by atoms with Crippen molar-refractivity contribution in [1.29, 1.82) is 0 Å². The standard InChI is InChI=1S/C19H26N4O2/c1-14(2)22-9-11-23(12-10-22)19-8-6-16(20-21-19)15-5-7-17(24-3)18(13-15)25-4/h5-8,13-14H,9-12H2,1-4H3. The molecule has 1 saturated heterocycles. The van der Waals surface area contributed by atoms with Gasteiger partial charge in [0.2, 0.25) is 0 Å². The van der Waals surface area contributed by atoms with Crippen molar-refractivity contribution in [3.8, 4) is 22.8 Å². The van der Waals surface area contributed by atoms with Gasteiger partial charge in [0.1, 0.15) is 0 Å². The minimum Gasteiger partial charge on any atom is -0.493 e. The Labute approximate surface area is 149 Å². The van der Waals surface area contributed by atoms with Crippen molar-refractivity contribution in [2.24, 2.45) is 0 Å². The second kappa shape index (κ2) is 7.70. The van der Waals surface area contributed by atoms with E-state index in [1.54, 1.807) is 14.2 Å².